The fourth-order valence-electron chi connectivity index (χ4n) is 2.18. The molecule has 0 aliphatic rings. The number of carbonyl (C=O) groups excluding carboxylic acids is 1. The molecule has 0 unspecified atom stereocenters. The number of amides is 1. The molecule has 132 valence electrons. The SMILES string of the molecule is CCCc1cc(C(=O)Nc2nnc(SCc3ccc(C#N)cc3)s2)n[nH]1. The number of nitrogens with zero attached hydrogens (tertiary/aromatic N) is 4. The molecule has 1 amide bonds. The predicted octanol–water partition coefficient (Wildman–Crippen LogP) is 3.63. The van der Waals surface area contributed by atoms with Crippen molar-refractivity contribution in [1.82, 2.24) is 20.4 Å². The van der Waals surface area contributed by atoms with E-state index in [1.807, 2.05) is 12.1 Å². The van der Waals surface area contributed by atoms with Crippen LogP contribution in [0.15, 0.2) is 34.7 Å². The molecule has 0 radical (unpaired) electrons. The number of hydrogen-bond donors (Lipinski definition) is 2. The quantitative estimate of drug-likeness (QED) is 0.476. The van der Waals surface area contributed by atoms with Crippen molar-refractivity contribution < 1.29 is 4.79 Å². The number of benzene rings is 1. The monoisotopic (exact) mass is 384 g/mol. The van der Waals surface area contributed by atoms with Crippen molar-refractivity contribution in [2.24, 2.45) is 0 Å². The Labute approximate surface area is 158 Å². The summed E-state index contributed by atoms with van der Waals surface area (Å²) in [5, 5.41) is 26.9. The van der Waals surface area contributed by atoms with E-state index in [2.05, 4.69) is 38.7 Å². The minimum atomic E-state index is -0.302. The molecule has 2 heterocycles. The molecule has 0 fully saturated rings. The number of aromatic nitrogens is 4. The molecule has 26 heavy (non-hydrogen) atoms. The first-order valence-corrected chi connectivity index (χ1v) is 9.79. The number of rotatable bonds is 7. The van der Waals surface area contributed by atoms with E-state index in [-0.39, 0.29) is 5.91 Å². The van der Waals surface area contributed by atoms with E-state index in [9.17, 15) is 4.79 Å². The lowest BCUT2D eigenvalue weighted by atomic mass is 10.2. The first-order valence-electron chi connectivity index (χ1n) is 7.99. The van der Waals surface area contributed by atoms with Gasteiger partial charge in [0.05, 0.1) is 11.6 Å². The first kappa shape index (κ1) is 18.1. The number of H-pyrrole nitrogens is 1. The van der Waals surface area contributed by atoms with E-state index in [0.29, 0.717) is 22.1 Å². The van der Waals surface area contributed by atoms with E-state index in [0.717, 1.165) is 28.4 Å². The van der Waals surface area contributed by atoms with Crippen molar-refractivity contribution in [3.05, 3.63) is 52.8 Å². The van der Waals surface area contributed by atoms with Gasteiger partial charge >= 0.3 is 0 Å². The lowest BCUT2D eigenvalue weighted by Gasteiger charge is -1.98. The molecule has 1 aromatic carbocycles. The summed E-state index contributed by atoms with van der Waals surface area (Å²) in [5.74, 6) is 0.414. The summed E-state index contributed by atoms with van der Waals surface area (Å²) in [5.41, 5.74) is 3.01. The van der Waals surface area contributed by atoms with Gasteiger partial charge in [-0.2, -0.15) is 10.4 Å². The second kappa shape index (κ2) is 8.60. The van der Waals surface area contributed by atoms with Crippen molar-refractivity contribution in [3.63, 3.8) is 0 Å². The molecule has 0 saturated heterocycles. The second-order valence-electron chi connectivity index (χ2n) is 5.45. The number of anilines is 1. The summed E-state index contributed by atoms with van der Waals surface area (Å²) in [7, 11) is 0. The van der Waals surface area contributed by atoms with E-state index in [1.165, 1.54) is 23.1 Å². The van der Waals surface area contributed by atoms with Crippen LogP contribution in [0.5, 0.6) is 0 Å². The van der Waals surface area contributed by atoms with Crippen LogP contribution in [0.4, 0.5) is 5.13 Å². The van der Waals surface area contributed by atoms with Gasteiger partial charge in [0.25, 0.3) is 5.91 Å². The van der Waals surface area contributed by atoms with Crippen LogP contribution in [0.25, 0.3) is 0 Å². The Kier molecular flexibility index (Phi) is 5.99. The lowest BCUT2D eigenvalue weighted by Crippen LogP contribution is -2.12. The number of nitriles is 1. The Morgan fingerprint density at radius 1 is 1.35 bits per heavy atom. The summed E-state index contributed by atoms with van der Waals surface area (Å²) < 4.78 is 0.762. The Morgan fingerprint density at radius 3 is 2.88 bits per heavy atom. The average Bonchev–Trinajstić information content (AvgIpc) is 3.30. The Bertz CT molecular complexity index is 925. The van der Waals surface area contributed by atoms with Gasteiger partial charge < -0.3 is 0 Å². The summed E-state index contributed by atoms with van der Waals surface area (Å²) in [4.78, 5) is 12.2. The first-order chi connectivity index (χ1) is 12.7. The molecule has 0 aliphatic heterocycles. The summed E-state index contributed by atoms with van der Waals surface area (Å²) in [6.07, 6.45) is 1.84. The summed E-state index contributed by atoms with van der Waals surface area (Å²) >= 11 is 2.85. The molecule has 3 rings (SSSR count). The largest absolute Gasteiger partial charge is 0.295 e. The van der Waals surface area contributed by atoms with E-state index in [1.54, 1.807) is 18.2 Å². The van der Waals surface area contributed by atoms with Gasteiger partial charge in [-0.1, -0.05) is 48.6 Å². The van der Waals surface area contributed by atoms with Gasteiger partial charge in [0, 0.05) is 11.4 Å². The minimum Gasteiger partial charge on any atom is -0.295 e. The summed E-state index contributed by atoms with van der Waals surface area (Å²) in [6.45, 7) is 2.07. The van der Waals surface area contributed by atoms with Crippen molar-refractivity contribution in [3.8, 4) is 6.07 Å². The maximum absolute atomic E-state index is 12.2. The lowest BCUT2D eigenvalue weighted by molar-refractivity contribution is 0.102. The molecule has 9 heteroatoms. The van der Waals surface area contributed by atoms with E-state index < -0.39 is 0 Å². The zero-order valence-corrected chi connectivity index (χ0v) is 15.7. The average molecular weight is 384 g/mol. The van der Waals surface area contributed by atoms with Gasteiger partial charge in [-0.3, -0.25) is 15.2 Å². The minimum absolute atomic E-state index is 0.302. The van der Waals surface area contributed by atoms with Crippen LogP contribution in [0.2, 0.25) is 0 Å². The topological polar surface area (TPSA) is 107 Å². The van der Waals surface area contributed by atoms with Gasteiger partial charge in [-0.25, -0.2) is 0 Å². The molecule has 0 saturated carbocycles. The molecule has 3 aromatic rings. The normalized spacial score (nSPS) is 10.5. The van der Waals surface area contributed by atoms with Gasteiger partial charge in [0.1, 0.15) is 0 Å². The molecule has 0 spiro atoms. The molecule has 0 atom stereocenters. The number of nitrogens with one attached hydrogen (secondary N) is 2. The van der Waals surface area contributed by atoms with Gasteiger partial charge in [0.15, 0.2) is 10.0 Å². The maximum Gasteiger partial charge on any atom is 0.277 e. The van der Waals surface area contributed by atoms with Crippen LogP contribution < -0.4 is 5.32 Å². The second-order valence-corrected chi connectivity index (χ2v) is 7.65. The Balaban J connectivity index is 1.55. The number of thioether (sulfide) groups is 1. The molecular formula is C17H16N6OS2. The molecule has 2 N–H and O–H groups in total. The summed E-state index contributed by atoms with van der Waals surface area (Å²) in [6, 6.07) is 11.3. The van der Waals surface area contributed by atoms with E-state index >= 15 is 0 Å². The number of hydrogen-bond acceptors (Lipinski definition) is 7. The molecular weight excluding hydrogens is 368 g/mol. The molecule has 2 aromatic heterocycles. The number of aromatic amines is 1. The van der Waals surface area contributed by atoms with Gasteiger partial charge in [-0.05, 0) is 30.2 Å². The van der Waals surface area contributed by atoms with Crippen LogP contribution >= 0.6 is 23.1 Å². The van der Waals surface area contributed by atoms with Gasteiger partial charge in [-0.15, -0.1) is 10.2 Å². The highest BCUT2D eigenvalue weighted by Crippen LogP contribution is 2.28. The van der Waals surface area contributed by atoms with Crippen molar-refractivity contribution in [2.75, 3.05) is 5.32 Å². The number of carbonyl (C=O) groups is 1. The van der Waals surface area contributed by atoms with E-state index in [4.69, 9.17) is 5.26 Å². The molecule has 7 nitrogen and oxygen atoms in total. The van der Waals surface area contributed by atoms with Crippen LogP contribution in [0.3, 0.4) is 0 Å². The van der Waals surface area contributed by atoms with Crippen molar-refractivity contribution in [2.45, 2.75) is 29.9 Å². The van der Waals surface area contributed by atoms with Crippen molar-refractivity contribution in [1.29, 1.82) is 5.26 Å². The van der Waals surface area contributed by atoms with Crippen LogP contribution in [0.1, 0.15) is 40.7 Å². The fourth-order valence-corrected chi connectivity index (χ4v) is 3.88. The smallest absolute Gasteiger partial charge is 0.277 e. The third kappa shape index (κ3) is 4.68. The highest BCUT2D eigenvalue weighted by Gasteiger charge is 2.13. The predicted molar refractivity (Wildman–Crippen MR) is 101 cm³/mol. The molecule has 0 bridgehead atoms. The van der Waals surface area contributed by atoms with Crippen LogP contribution in [-0.2, 0) is 12.2 Å². The fraction of sp³-hybridized carbons (Fsp3) is 0.235. The standard InChI is InChI=1S/C17H16N6OS2/c1-2-3-13-8-14(21-20-13)15(24)19-16-22-23-17(26-16)25-10-12-6-4-11(9-18)5-7-12/h4-8H,2-3,10H2,1H3,(H,20,21)(H,19,22,24). The zero-order chi connectivity index (χ0) is 18.4. The Morgan fingerprint density at radius 2 is 2.15 bits per heavy atom. The van der Waals surface area contributed by atoms with Crippen molar-refractivity contribution >= 4 is 34.1 Å². The highest BCUT2D eigenvalue weighted by atomic mass is 32.2. The van der Waals surface area contributed by atoms with Crippen LogP contribution in [-0.4, -0.2) is 26.3 Å². The third-order valence-electron chi connectivity index (χ3n) is 3.46. The number of aryl methyl sites for hydroxylation is 1. The molecule has 0 aliphatic carbocycles. The third-order valence-corrected chi connectivity index (χ3v) is 5.50. The Hall–Kier alpha value is -2.70. The highest BCUT2D eigenvalue weighted by molar-refractivity contribution is 8.00. The zero-order valence-electron chi connectivity index (χ0n) is 14.0. The van der Waals surface area contributed by atoms with Crippen LogP contribution in [0, 0.1) is 11.3 Å². The maximum atomic E-state index is 12.2. The van der Waals surface area contributed by atoms with Gasteiger partial charge in [0.2, 0.25) is 5.13 Å².